The maximum Gasteiger partial charge on any atom is 0.198 e. The predicted molar refractivity (Wildman–Crippen MR) is 141 cm³/mol. The van der Waals surface area contributed by atoms with Crippen LogP contribution in [0, 0.1) is 0 Å². The maximum atomic E-state index is 13.4. The first kappa shape index (κ1) is 29.9. The molecule has 0 radical (unpaired) electrons. The fraction of sp³-hybridized carbons (Fsp3) is 0.462. The van der Waals surface area contributed by atoms with Crippen molar-refractivity contribution in [3.8, 4) is 11.5 Å². The Balaban J connectivity index is 0.00000289. The van der Waals surface area contributed by atoms with Crippen molar-refractivity contribution >= 4 is 36.4 Å². The number of nitrogens with zero attached hydrogens (tertiary/aromatic N) is 2. The summed E-state index contributed by atoms with van der Waals surface area (Å²) in [5.41, 5.74) is 1.55. The van der Waals surface area contributed by atoms with Gasteiger partial charge >= 0.3 is 0 Å². The Kier molecular flexibility index (Phi) is 12.6. The molecule has 0 spiro atoms. The van der Waals surface area contributed by atoms with Crippen molar-refractivity contribution in [2.45, 2.75) is 27.7 Å². The minimum Gasteiger partial charge on any atom is -0.488 e. The molecule has 0 heterocycles. The second-order valence-electron chi connectivity index (χ2n) is 7.77. The van der Waals surface area contributed by atoms with Gasteiger partial charge in [-0.05, 0) is 38.3 Å². The molecule has 0 N–H and O–H groups in total. The molecule has 0 aromatic heterocycles. The van der Waals surface area contributed by atoms with E-state index in [0.29, 0.717) is 47.0 Å². The zero-order valence-corrected chi connectivity index (χ0v) is 22.1. The van der Waals surface area contributed by atoms with E-state index in [0.717, 1.165) is 39.3 Å². The highest BCUT2D eigenvalue weighted by Gasteiger charge is 2.34. The van der Waals surface area contributed by atoms with Gasteiger partial charge in [0.25, 0.3) is 0 Å². The van der Waals surface area contributed by atoms with Gasteiger partial charge in [-0.25, -0.2) is 0 Å². The number of hydrogen-bond acceptors (Lipinski definition) is 6. The molecule has 0 bridgehead atoms. The Hall–Kier alpha value is -2.12. The minimum atomic E-state index is -0.192. The first-order chi connectivity index (χ1) is 15.5. The summed E-state index contributed by atoms with van der Waals surface area (Å²) < 4.78 is 12.2. The van der Waals surface area contributed by atoms with E-state index in [1.165, 1.54) is 0 Å². The van der Waals surface area contributed by atoms with E-state index in [-0.39, 0.29) is 36.4 Å². The topological polar surface area (TPSA) is 59.1 Å². The second-order valence-corrected chi connectivity index (χ2v) is 7.77. The Morgan fingerprint density at radius 3 is 1.68 bits per heavy atom. The van der Waals surface area contributed by atoms with Crippen LogP contribution in [0.1, 0.15) is 59.5 Å². The Labute approximate surface area is 215 Å². The van der Waals surface area contributed by atoms with Crippen LogP contribution in [-0.2, 0) is 0 Å². The van der Waals surface area contributed by atoms with Gasteiger partial charge in [0.15, 0.2) is 23.1 Å². The van der Waals surface area contributed by atoms with Crippen molar-refractivity contribution in [3.63, 3.8) is 0 Å². The van der Waals surface area contributed by atoms with E-state index in [9.17, 15) is 9.59 Å². The van der Waals surface area contributed by atoms with Crippen molar-refractivity contribution in [1.29, 1.82) is 0 Å². The number of ketones is 2. The molecule has 8 heteroatoms. The SMILES string of the molecule is CCN(CC)CCOc1ccc2c(c1OCCN(CC)CC)C(=O)c1ccccc1C2=O.Cl.Cl. The van der Waals surface area contributed by atoms with Gasteiger partial charge in [-0.2, -0.15) is 0 Å². The molecule has 0 saturated carbocycles. The van der Waals surface area contributed by atoms with Crippen molar-refractivity contribution < 1.29 is 19.1 Å². The Morgan fingerprint density at radius 1 is 0.647 bits per heavy atom. The average Bonchev–Trinajstić information content (AvgIpc) is 2.83. The summed E-state index contributed by atoms with van der Waals surface area (Å²) in [5, 5.41) is 0. The highest BCUT2D eigenvalue weighted by atomic mass is 35.5. The van der Waals surface area contributed by atoms with Crippen LogP contribution in [0.3, 0.4) is 0 Å². The third kappa shape index (κ3) is 6.51. The number of carbonyl (C=O) groups is 2. The average molecular weight is 511 g/mol. The van der Waals surface area contributed by atoms with E-state index in [1.54, 1.807) is 36.4 Å². The van der Waals surface area contributed by atoms with Crippen LogP contribution >= 0.6 is 24.8 Å². The number of rotatable bonds is 12. The predicted octanol–water partition coefficient (Wildman–Crippen LogP) is 4.75. The zero-order chi connectivity index (χ0) is 23.1. The van der Waals surface area contributed by atoms with E-state index >= 15 is 0 Å². The first-order valence-corrected chi connectivity index (χ1v) is 11.6. The quantitative estimate of drug-likeness (QED) is 0.350. The minimum absolute atomic E-state index is 0. The highest BCUT2D eigenvalue weighted by molar-refractivity contribution is 6.29. The molecule has 0 atom stereocenters. The zero-order valence-electron chi connectivity index (χ0n) is 20.5. The molecule has 34 heavy (non-hydrogen) atoms. The molecule has 0 fully saturated rings. The van der Waals surface area contributed by atoms with Crippen LogP contribution in [0.25, 0.3) is 0 Å². The molecule has 0 unspecified atom stereocenters. The molecule has 188 valence electrons. The van der Waals surface area contributed by atoms with Crippen LogP contribution < -0.4 is 9.47 Å². The standard InChI is InChI=1S/C26H34N2O4.2ClH/c1-5-27(6-2)15-17-31-22-14-13-21-23(26(22)32-18-16-28(7-3)8-4)25(30)20-12-10-9-11-19(20)24(21)29;;/h9-14H,5-8,15-18H2,1-4H3;2*1H. The van der Waals surface area contributed by atoms with Crippen LogP contribution in [0.2, 0.25) is 0 Å². The monoisotopic (exact) mass is 510 g/mol. The molecule has 3 rings (SSSR count). The molecular weight excluding hydrogens is 475 g/mol. The van der Waals surface area contributed by atoms with E-state index in [1.807, 2.05) is 0 Å². The number of halogens is 2. The molecular formula is C26H36Cl2N2O4. The highest BCUT2D eigenvalue weighted by Crippen LogP contribution is 2.39. The summed E-state index contributed by atoms with van der Waals surface area (Å²) in [6.07, 6.45) is 0. The third-order valence-corrected chi connectivity index (χ3v) is 6.12. The fourth-order valence-corrected chi connectivity index (χ4v) is 4.04. The van der Waals surface area contributed by atoms with Gasteiger partial charge in [0.05, 0.1) is 5.56 Å². The normalized spacial score (nSPS) is 12.1. The van der Waals surface area contributed by atoms with Crippen molar-refractivity contribution in [1.82, 2.24) is 9.80 Å². The second kappa shape index (κ2) is 14.3. The summed E-state index contributed by atoms with van der Waals surface area (Å²) in [4.78, 5) is 31.0. The summed E-state index contributed by atoms with van der Waals surface area (Å²) in [5.74, 6) is 0.541. The van der Waals surface area contributed by atoms with Gasteiger partial charge in [0, 0.05) is 29.8 Å². The number of ether oxygens (including phenoxy) is 2. The molecule has 0 saturated heterocycles. The molecule has 1 aliphatic rings. The molecule has 2 aromatic rings. The van der Waals surface area contributed by atoms with Crippen LogP contribution in [0.5, 0.6) is 11.5 Å². The lowest BCUT2D eigenvalue weighted by Crippen LogP contribution is -2.29. The third-order valence-electron chi connectivity index (χ3n) is 6.12. The lowest BCUT2D eigenvalue weighted by Gasteiger charge is -2.24. The van der Waals surface area contributed by atoms with E-state index < -0.39 is 0 Å². The number of likely N-dealkylation sites (N-methyl/N-ethyl adjacent to an activating group) is 2. The Morgan fingerprint density at radius 2 is 1.15 bits per heavy atom. The molecule has 1 aliphatic carbocycles. The summed E-state index contributed by atoms with van der Waals surface area (Å²) in [7, 11) is 0. The van der Waals surface area contributed by atoms with Crippen molar-refractivity contribution in [2.24, 2.45) is 0 Å². The van der Waals surface area contributed by atoms with E-state index in [2.05, 4.69) is 37.5 Å². The molecule has 6 nitrogen and oxygen atoms in total. The van der Waals surface area contributed by atoms with E-state index in [4.69, 9.17) is 9.47 Å². The van der Waals surface area contributed by atoms with Crippen molar-refractivity contribution in [3.05, 3.63) is 58.7 Å². The maximum absolute atomic E-state index is 13.4. The summed E-state index contributed by atoms with van der Waals surface area (Å²) in [6, 6.07) is 10.4. The molecule has 0 aliphatic heterocycles. The van der Waals surface area contributed by atoms with Gasteiger partial charge < -0.3 is 19.3 Å². The van der Waals surface area contributed by atoms with Gasteiger partial charge in [0.2, 0.25) is 0 Å². The van der Waals surface area contributed by atoms with Gasteiger partial charge in [0.1, 0.15) is 13.2 Å². The summed E-state index contributed by atoms with van der Waals surface area (Å²) >= 11 is 0. The first-order valence-electron chi connectivity index (χ1n) is 11.6. The number of hydrogen-bond donors (Lipinski definition) is 0. The number of benzene rings is 2. The van der Waals surface area contributed by atoms with Crippen molar-refractivity contribution in [2.75, 3.05) is 52.5 Å². The number of fused-ring (bicyclic) bond motifs is 2. The smallest absolute Gasteiger partial charge is 0.198 e. The fourth-order valence-electron chi connectivity index (χ4n) is 4.04. The van der Waals surface area contributed by atoms with Crippen LogP contribution in [0.4, 0.5) is 0 Å². The largest absolute Gasteiger partial charge is 0.488 e. The van der Waals surface area contributed by atoms with Gasteiger partial charge in [-0.1, -0.05) is 52.0 Å². The van der Waals surface area contributed by atoms with Gasteiger partial charge in [-0.3, -0.25) is 9.59 Å². The number of carbonyl (C=O) groups excluding carboxylic acids is 2. The van der Waals surface area contributed by atoms with Crippen LogP contribution in [-0.4, -0.2) is 73.8 Å². The van der Waals surface area contributed by atoms with Gasteiger partial charge in [-0.15, -0.1) is 24.8 Å². The summed E-state index contributed by atoms with van der Waals surface area (Å²) in [6.45, 7) is 14.6. The Bertz CT molecular complexity index is 960. The molecule has 0 amide bonds. The molecule has 2 aromatic carbocycles. The lowest BCUT2D eigenvalue weighted by atomic mass is 9.83. The lowest BCUT2D eigenvalue weighted by molar-refractivity contribution is 0.0973. The van der Waals surface area contributed by atoms with Crippen LogP contribution in [0.15, 0.2) is 36.4 Å².